The second-order valence-corrected chi connectivity index (χ2v) is 8.59. The van der Waals surface area contributed by atoms with E-state index in [-0.39, 0.29) is 11.5 Å². The maximum Gasteiger partial charge on any atom is 0.335 e. The Bertz CT molecular complexity index is 1280. The first-order valence-corrected chi connectivity index (χ1v) is 11.1. The molecule has 0 bridgehead atoms. The van der Waals surface area contributed by atoms with Gasteiger partial charge in [-0.15, -0.1) is 0 Å². The number of furan rings is 1. The fraction of sp³-hybridized carbons (Fsp3) is 0.0870. The van der Waals surface area contributed by atoms with Crippen LogP contribution in [0.2, 0.25) is 10.0 Å². The smallest absolute Gasteiger partial charge is 0.335 e. The second kappa shape index (κ2) is 9.24. The number of benzene rings is 2. The molecule has 0 radical (unpaired) electrons. The molecule has 1 aliphatic rings. The molecule has 4 rings (SSSR count). The van der Waals surface area contributed by atoms with Crippen molar-refractivity contribution in [2.24, 2.45) is 4.99 Å². The summed E-state index contributed by atoms with van der Waals surface area (Å²) in [5.74, 6) is -0.189. The summed E-state index contributed by atoms with van der Waals surface area (Å²) >= 11 is 13.4. The number of amides is 1. The maximum absolute atomic E-state index is 12.9. The van der Waals surface area contributed by atoms with Crippen LogP contribution in [-0.4, -0.2) is 33.6 Å². The molecule has 1 N–H and O–H groups in total. The van der Waals surface area contributed by atoms with Gasteiger partial charge in [-0.25, -0.2) is 9.79 Å². The van der Waals surface area contributed by atoms with Gasteiger partial charge in [0, 0.05) is 23.2 Å². The third kappa shape index (κ3) is 4.60. The van der Waals surface area contributed by atoms with Crippen molar-refractivity contribution in [1.82, 2.24) is 4.90 Å². The van der Waals surface area contributed by atoms with Crippen LogP contribution in [0.15, 0.2) is 68.9 Å². The van der Waals surface area contributed by atoms with Crippen LogP contribution in [-0.2, 0) is 4.79 Å². The first-order valence-electron chi connectivity index (χ1n) is 9.54. The zero-order valence-electron chi connectivity index (χ0n) is 16.7. The van der Waals surface area contributed by atoms with E-state index in [4.69, 9.17) is 27.6 Å². The van der Waals surface area contributed by atoms with Crippen LogP contribution >= 0.6 is 35.0 Å². The summed E-state index contributed by atoms with van der Waals surface area (Å²) in [6.07, 6.45) is 1.65. The third-order valence-electron chi connectivity index (χ3n) is 4.62. The summed E-state index contributed by atoms with van der Waals surface area (Å²) in [5.41, 5.74) is 1.28. The molecule has 0 saturated carbocycles. The van der Waals surface area contributed by atoms with Gasteiger partial charge in [0.25, 0.3) is 5.91 Å². The Labute approximate surface area is 198 Å². The highest BCUT2D eigenvalue weighted by molar-refractivity contribution is 8.18. The molecular weight excluding hydrogens is 471 g/mol. The minimum absolute atomic E-state index is 0.129. The Morgan fingerprint density at radius 3 is 2.72 bits per heavy atom. The molecule has 3 aromatic rings. The zero-order valence-corrected chi connectivity index (χ0v) is 19.0. The first-order chi connectivity index (χ1) is 15.4. The molecule has 0 spiro atoms. The van der Waals surface area contributed by atoms with Gasteiger partial charge in [0.1, 0.15) is 11.5 Å². The molecule has 162 valence electrons. The van der Waals surface area contributed by atoms with Gasteiger partial charge in [-0.2, -0.15) is 0 Å². The number of amidine groups is 1. The first kappa shape index (κ1) is 22.2. The number of rotatable bonds is 5. The molecule has 2 aromatic carbocycles. The van der Waals surface area contributed by atoms with Crippen LogP contribution in [0.3, 0.4) is 0 Å². The lowest BCUT2D eigenvalue weighted by Crippen LogP contribution is -2.28. The molecule has 1 aromatic heterocycles. The molecule has 1 saturated heterocycles. The Morgan fingerprint density at radius 2 is 2.00 bits per heavy atom. The molecule has 9 heteroatoms. The summed E-state index contributed by atoms with van der Waals surface area (Å²) in [5, 5.41) is 10.6. The van der Waals surface area contributed by atoms with Crippen LogP contribution in [0, 0.1) is 0 Å². The highest BCUT2D eigenvalue weighted by Gasteiger charge is 2.32. The number of thioether (sulfide) groups is 1. The molecule has 1 fully saturated rings. The SMILES string of the molecule is CCN1C(=O)/C(=C/c2ccc(-c3ccc(Cl)cc3Cl)o2)SC1=Nc1cccc(C(=O)O)c1. The lowest BCUT2D eigenvalue weighted by atomic mass is 10.2. The topological polar surface area (TPSA) is 83.1 Å². The number of aromatic carboxylic acids is 1. The predicted molar refractivity (Wildman–Crippen MR) is 128 cm³/mol. The van der Waals surface area contributed by atoms with E-state index in [1.807, 2.05) is 6.92 Å². The van der Waals surface area contributed by atoms with Crippen LogP contribution in [0.5, 0.6) is 0 Å². The fourth-order valence-corrected chi connectivity index (χ4v) is 4.63. The van der Waals surface area contributed by atoms with Crippen LogP contribution in [0.4, 0.5) is 5.69 Å². The molecule has 0 aliphatic carbocycles. The number of carbonyl (C=O) groups excluding carboxylic acids is 1. The number of carbonyl (C=O) groups is 2. The van der Waals surface area contributed by atoms with E-state index in [0.29, 0.717) is 49.4 Å². The average Bonchev–Trinajstić information content (AvgIpc) is 3.33. The van der Waals surface area contributed by atoms with Gasteiger partial charge in [0.05, 0.1) is 21.2 Å². The quantitative estimate of drug-likeness (QED) is 0.412. The number of aliphatic imine (C=N–C) groups is 1. The average molecular weight is 487 g/mol. The summed E-state index contributed by atoms with van der Waals surface area (Å²) in [4.78, 5) is 30.5. The largest absolute Gasteiger partial charge is 0.478 e. The van der Waals surface area contributed by atoms with Crippen LogP contribution in [0.25, 0.3) is 17.4 Å². The predicted octanol–water partition coefficient (Wildman–Crippen LogP) is 6.58. The van der Waals surface area contributed by atoms with Gasteiger partial charge in [-0.3, -0.25) is 9.69 Å². The standard InChI is InChI=1S/C23H16Cl2N2O4S/c1-2-27-21(28)20(32-23(27)26-15-5-3-4-13(10-15)22(29)30)12-16-7-9-19(31-16)17-8-6-14(24)11-18(17)25/h3-12H,2H2,1H3,(H,29,30)/b20-12-,26-23?. The van der Waals surface area contributed by atoms with Gasteiger partial charge >= 0.3 is 5.97 Å². The van der Waals surface area contributed by atoms with E-state index in [2.05, 4.69) is 4.99 Å². The number of halogens is 2. The van der Waals surface area contributed by atoms with Crippen molar-refractivity contribution in [1.29, 1.82) is 0 Å². The lowest BCUT2D eigenvalue weighted by Gasteiger charge is -2.12. The van der Waals surface area contributed by atoms with Crippen molar-refractivity contribution in [3.63, 3.8) is 0 Å². The van der Waals surface area contributed by atoms with Gasteiger partial charge in [0.15, 0.2) is 5.17 Å². The molecule has 1 amide bonds. The minimum Gasteiger partial charge on any atom is -0.478 e. The lowest BCUT2D eigenvalue weighted by molar-refractivity contribution is -0.122. The minimum atomic E-state index is -1.04. The molecule has 0 atom stereocenters. The van der Waals surface area contributed by atoms with Crippen molar-refractivity contribution < 1.29 is 19.1 Å². The molecule has 6 nitrogen and oxygen atoms in total. The van der Waals surface area contributed by atoms with E-state index in [9.17, 15) is 14.7 Å². The number of hydrogen-bond acceptors (Lipinski definition) is 5. The van der Waals surface area contributed by atoms with E-state index in [0.717, 1.165) is 0 Å². The summed E-state index contributed by atoms with van der Waals surface area (Å²) in [6.45, 7) is 2.27. The van der Waals surface area contributed by atoms with Gasteiger partial charge in [-0.1, -0.05) is 29.3 Å². The van der Waals surface area contributed by atoms with Gasteiger partial charge in [0.2, 0.25) is 0 Å². The van der Waals surface area contributed by atoms with Crippen LogP contribution in [0.1, 0.15) is 23.0 Å². The van der Waals surface area contributed by atoms with Crippen molar-refractivity contribution in [2.75, 3.05) is 6.54 Å². The van der Waals surface area contributed by atoms with Crippen molar-refractivity contribution in [3.05, 3.63) is 80.9 Å². The zero-order chi connectivity index (χ0) is 22.8. The second-order valence-electron chi connectivity index (χ2n) is 6.74. The van der Waals surface area contributed by atoms with Gasteiger partial charge in [-0.05, 0) is 67.2 Å². The number of nitrogens with zero attached hydrogens (tertiary/aromatic N) is 2. The monoisotopic (exact) mass is 486 g/mol. The number of carboxylic acids is 1. The highest BCUT2D eigenvalue weighted by atomic mass is 35.5. The Kier molecular flexibility index (Phi) is 6.41. The number of hydrogen-bond donors (Lipinski definition) is 1. The van der Waals surface area contributed by atoms with E-state index in [1.165, 1.54) is 28.8 Å². The maximum atomic E-state index is 12.9. The molecule has 32 heavy (non-hydrogen) atoms. The summed E-state index contributed by atoms with van der Waals surface area (Å²) < 4.78 is 5.87. The van der Waals surface area contributed by atoms with E-state index in [1.54, 1.807) is 48.5 Å². The highest BCUT2D eigenvalue weighted by Crippen LogP contribution is 2.36. The van der Waals surface area contributed by atoms with Gasteiger partial charge < -0.3 is 9.52 Å². The number of carboxylic acid groups (broad SMARTS) is 1. The Hall–Kier alpha value is -3.00. The molecular formula is C23H16Cl2N2O4S. The number of likely N-dealkylation sites (N-methyl/N-ethyl adjacent to an activating group) is 1. The van der Waals surface area contributed by atoms with Crippen molar-refractivity contribution in [2.45, 2.75) is 6.92 Å². The Morgan fingerprint density at radius 1 is 1.19 bits per heavy atom. The third-order valence-corrected chi connectivity index (χ3v) is 6.17. The Balaban J connectivity index is 1.62. The van der Waals surface area contributed by atoms with E-state index < -0.39 is 5.97 Å². The van der Waals surface area contributed by atoms with E-state index >= 15 is 0 Å². The summed E-state index contributed by atoms with van der Waals surface area (Å²) in [6, 6.07) is 14.9. The summed E-state index contributed by atoms with van der Waals surface area (Å²) in [7, 11) is 0. The van der Waals surface area contributed by atoms with Crippen molar-refractivity contribution in [3.8, 4) is 11.3 Å². The molecule has 0 unspecified atom stereocenters. The molecule has 1 aliphatic heterocycles. The fourth-order valence-electron chi connectivity index (χ4n) is 3.08. The molecule has 2 heterocycles. The van der Waals surface area contributed by atoms with Crippen molar-refractivity contribution >= 4 is 63.8 Å². The normalized spacial score (nSPS) is 16.3. The van der Waals surface area contributed by atoms with Crippen LogP contribution < -0.4 is 0 Å².